The lowest BCUT2D eigenvalue weighted by Gasteiger charge is -1.99. The molecule has 4 nitrogen and oxygen atoms in total. The van der Waals surface area contributed by atoms with Gasteiger partial charge in [-0.3, -0.25) is 4.57 Å². The van der Waals surface area contributed by atoms with E-state index in [1.807, 2.05) is 0 Å². The van der Waals surface area contributed by atoms with Gasteiger partial charge in [0.1, 0.15) is 0 Å². The van der Waals surface area contributed by atoms with Crippen LogP contribution < -0.4 is 0 Å². The molecule has 0 spiro atoms. The van der Waals surface area contributed by atoms with Gasteiger partial charge in [-0.25, -0.2) is 0 Å². The second kappa shape index (κ2) is 3.41. The number of hydrogen-bond acceptors (Lipinski definition) is 3. The van der Waals surface area contributed by atoms with Gasteiger partial charge in [0.05, 0.1) is 0 Å². The third kappa shape index (κ3) is 2.46. The van der Waals surface area contributed by atoms with Gasteiger partial charge in [-0.05, 0) is 11.4 Å². The van der Waals surface area contributed by atoms with Crippen molar-refractivity contribution in [3.05, 3.63) is 27.9 Å². The maximum atomic E-state index is 10.4. The van der Waals surface area contributed by atoms with E-state index in [2.05, 4.69) is 0 Å². The quantitative estimate of drug-likeness (QED) is 0.509. The zero-order valence-corrected chi connectivity index (χ0v) is 7.63. The molecule has 66 valence electrons. The minimum atomic E-state index is -4.47. The van der Waals surface area contributed by atoms with Gasteiger partial charge in [0.2, 0.25) is 5.50 Å². The van der Waals surface area contributed by atoms with Crippen LogP contribution in [0.1, 0.15) is 4.88 Å². The van der Waals surface area contributed by atoms with Gasteiger partial charge >= 0.3 is 7.60 Å². The summed E-state index contributed by atoms with van der Waals surface area (Å²) < 4.78 is 10.4. The normalized spacial score (nSPS) is 13.3. The van der Waals surface area contributed by atoms with E-state index in [4.69, 9.17) is 14.9 Å². The molecule has 0 aliphatic rings. The molecule has 0 aromatic carbocycles. The first-order chi connectivity index (χ1) is 5.50. The first-order valence-corrected chi connectivity index (χ1v) is 5.49. The molecule has 0 fully saturated rings. The first kappa shape index (κ1) is 9.48. The highest BCUT2D eigenvalue weighted by atomic mass is 32.1. The fourth-order valence-electron chi connectivity index (χ4n) is 0.585. The number of aliphatic hydroxyl groups is 1. The van der Waals surface area contributed by atoms with Crippen LogP contribution in [0.25, 0.3) is 6.08 Å². The molecule has 0 unspecified atom stereocenters. The van der Waals surface area contributed by atoms with Crippen LogP contribution in [-0.4, -0.2) is 14.9 Å². The molecule has 0 aliphatic heterocycles. The summed E-state index contributed by atoms with van der Waals surface area (Å²) in [6.45, 7) is 0. The highest BCUT2D eigenvalue weighted by molar-refractivity contribution is 7.56. The maximum absolute atomic E-state index is 10.4. The average Bonchev–Trinajstić information content (AvgIpc) is 2.37. The Kier molecular flexibility index (Phi) is 2.69. The molecule has 0 atom stereocenters. The Morgan fingerprint density at radius 3 is 2.67 bits per heavy atom. The molecule has 1 aromatic rings. The van der Waals surface area contributed by atoms with Crippen molar-refractivity contribution in [1.82, 2.24) is 0 Å². The molecule has 1 heterocycles. The molecule has 1 aromatic heterocycles. The number of aliphatic hydroxyl groups excluding tert-OH is 1. The Morgan fingerprint density at radius 1 is 1.58 bits per heavy atom. The van der Waals surface area contributed by atoms with Crippen LogP contribution in [-0.2, 0) is 4.57 Å². The summed E-state index contributed by atoms with van der Waals surface area (Å²) in [5.41, 5.74) is -0.898. The highest BCUT2D eigenvalue weighted by Gasteiger charge is 2.19. The Bertz CT molecular complexity index is 323. The van der Waals surface area contributed by atoms with Gasteiger partial charge in [-0.15, -0.1) is 11.3 Å². The third-order valence-corrected chi connectivity index (χ3v) is 2.66. The number of rotatable bonds is 2. The van der Waals surface area contributed by atoms with Crippen LogP contribution in [0.15, 0.2) is 23.0 Å². The summed E-state index contributed by atoms with van der Waals surface area (Å²) in [5.74, 6) is 0. The molecule has 12 heavy (non-hydrogen) atoms. The van der Waals surface area contributed by atoms with Crippen LogP contribution in [0.4, 0.5) is 0 Å². The fourth-order valence-corrected chi connectivity index (χ4v) is 1.63. The molecule has 6 heteroatoms. The molecule has 1 rings (SSSR count). The SMILES string of the molecule is O=P(O)(O)/C(O)=C/c1cccs1. The Labute approximate surface area is 73.0 Å². The minimum Gasteiger partial charge on any atom is -0.501 e. The largest absolute Gasteiger partial charge is 0.501 e. The summed E-state index contributed by atoms with van der Waals surface area (Å²) in [7, 11) is -4.47. The lowest BCUT2D eigenvalue weighted by atomic mass is 10.5. The molecule has 0 bridgehead atoms. The first-order valence-electron chi connectivity index (χ1n) is 3.00. The molecule has 0 amide bonds. The third-order valence-electron chi connectivity index (χ3n) is 1.11. The molecule has 0 radical (unpaired) electrons. The Hall–Kier alpha value is -0.610. The van der Waals surface area contributed by atoms with Crippen LogP contribution in [0.2, 0.25) is 0 Å². The van der Waals surface area contributed by atoms with E-state index >= 15 is 0 Å². The molecular weight excluding hydrogens is 199 g/mol. The highest BCUT2D eigenvalue weighted by Crippen LogP contribution is 2.43. The predicted molar refractivity (Wildman–Crippen MR) is 47.0 cm³/mol. The van der Waals surface area contributed by atoms with Gasteiger partial charge in [-0.2, -0.15) is 0 Å². The summed E-state index contributed by atoms with van der Waals surface area (Å²) in [4.78, 5) is 17.6. The van der Waals surface area contributed by atoms with Crippen molar-refractivity contribution in [2.45, 2.75) is 0 Å². The monoisotopic (exact) mass is 206 g/mol. The second-order valence-electron chi connectivity index (χ2n) is 2.06. The topological polar surface area (TPSA) is 77.8 Å². The summed E-state index contributed by atoms with van der Waals surface area (Å²) >= 11 is 1.29. The number of thiophene rings is 1. The summed E-state index contributed by atoms with van der Waals surface area (Å²) in [6.07, 6.45) is 1.06. The van der Waals surface area contributed by atoms with Crippen molar-refractivity contribution in [2.75, 3.05) is 0 Å². The van der Waals surface area contributed by atoms with Crippen LogP contribution in [0, 0.1) is 0 Å². The van der Waals surface area contributed by atoms with Crippen molar-refractivity contribution >= 4 is 25.0 Å². The lowest BCUT2D eigenvalue weighted by molar-refractivity contribution is 0.339. The second-order valence-corrected chi connectivity index (χ2v) is 4.59. The van der Waals surface area contributed by atoms with Gasteiger partial charge in [0, 0.05) is 11.0 Å². The van der Waals surface area contributed by atoms with E-state index in [1.54, 1.807) is 17.5 Å². The maximum Gasteiger partial charge on any atom is 0.390 e. The van der Waals surface area contributed by atoms with E-state index in [9.17, 15) is 4.57 Å². The van der Waals surface area contributed by atoms with E-state index in [0.29, 0.717) is 4.88 Å². The van der Waals surface area contributed by atoms with E-state index in [0.717, 1.165) is 6.08 Å². The standard InChI is InChI=1S/C6H7O4PS/c7-6(11(8,9)10)4-5-2-1-3-12-5/h1-4,7H,(H2,8,9,10)/b6-4+. The van der Waals surface area contributed by atoms with Crippen molar-refractivity contribution < 1.29 is 19.5 Å². The minimum absolute atomic E-state index is 0.607. The molecule has 3 N–H and O–H groups in total. The zero-order chi connectivity index (χ0) is 9.19. The van der Waals surface area contributed by atoms with Crippen molar-refractivity contribution in [3.63, 3.8) is 0 Å². The summed E-state index contributed by atoms with van der Waals surface area (Å²) in [5, 5.41) is 10.6. The summed E-state index contributed by atoms with van der Waals surface area (Å²) in [6, 6.07) is 3.38. The zero-order valence-electron chi connectivity index (χ0n) is 5.91. The molecule has 0 aliphatic carbocycles. The van der Waals surface area contributed by atoms with Crippen molar-refractivity contribution in [2.24, 2.45) is 0 Å². The Morgan fingerprint density at radius 2 is 2.25 bits per heavy atom. The number of hydrogen-bond donors (Lipinski definition) is 3. The predicted octanol–water partition coefficient (Wildman–Crippen LogP) is 1.78. The Balaban J connectivity index is 2.91. The van der Waals surface area contributed by atoms with Crippen molar-refractivity contribution in [1.29, 1.82) is 0 Å². The van der Waals surface area contributed by atoms with Gasteiger partial charge < -0.3 is 14.9 Å². The molecular formula is C6H7O4PS. The van der Waals surface area contributed by atoms with Crippen LogP contribution in [0.5, 0.6) is 0 Å². The van der Waals surface area contributed by atoms with E-state index in [1.165, 1.54) is 11.3 Å². The van der Waals surface area contributed by atoms with Gasteiger partial charge in [0.15, 0.2) is 0 Å². The van der Waals surface area contributed by atoms with Crippen LogP contribution >= 0.6 is 18.9 Å². The van der Waals surface area contributed by atoms with E-state index < -0.39 is 13.1 Å². The smallest absolute Gasteiger partial charge is 0.390 e. The molecule has 0 saturated heterocycles. The molecule has 0 saturated carbocycles. The van der Waals surface area contributed by atoms with Gasteiger partial charge in [0.25, 0.3) is 0 Å². The van der Waals surface area contributed by atoms with Crippen molar-refractivity contribution in [3.8, 4) is 0 Å². The average molecular weight is 206 g/mol. The van der Waals surface area contributed by atoms with E-state index in [-0.39, 0.29) is 0 Å². The van der Waals surface area contributed by atoms with Gasteiger partial charge in [-0.1, -0.05) is 6.07 Å². The van der Waals surface area contributed by atoms with Crippen LogP contribution in [0.3, 0.4) is 0 Å². The lowest BCUT2D eigenvalue weighted by Crippen LogP contribution is -1.82. The fraction of sp³-hybridized carbons (Fsp3) is 0.